The molecule has 1 saturated heterocycles. The molecule has 1 fully saturated rings. The Morgan fingerprint density at radius 3 is 2.45 bits per heavy atom. The van der Waals surface area contributed by atoms with Gasteiger partial charge in [0.15, 0.2) is 0 Å². The summed E-state index contributed by atoms with van der Waals surface area (Å²) in [7, 11) is 0. The smallest absolute Gasteiger partial charge is 0.274 e. The van der Waals surface area contributed by atoms with E-state index in [1.165, 1.54) is 5.52 Å². The Bertz CT molecular complexity index is 1190. The fourth-order valence-electron chi connectivity index (χ4n) is 4.23. The van der Waals surface area contributed by atoms with Gasteiger partial charge in [0.25, 0.3) is 5.91 Å². The van der Waals surface area contributed by atoms with Gasteiger partial charge in [-0.1, -0.05) is 24.3 Å². The van der Waals surface area contributed by atoms with E-state index in [0.717, 1.165) is 54.9 Å². The van der Waals surface area contributed by atoms with Crippen LogP contribution in [0.2, 0.25) is 0 Å². The maximum absolute atomic E-state index is 12.9. The van der Waals surface area contributed by atoms with Crippen molar-refractivity contribution in [2.75, 3.05) is 13.1 Å². The molecule has 6 heteroatoms. The lowest BCUT2D eigenvalue weighted by molar-refractivity contribution is 0.0677. The van der Waals surface area contributed by atoms with E-state index in [2.05, 4.69) is 44.6 Å². The minimum Gasteiger partial charge on any atom is -0.337 e. The zero-order valence-corrected chi connectivity index (χ0v) is 16.5. The molecule has 0 saturated carbocycles. The molecule has 3 heterocycles. The van der Waals surface area contributed by atoms with Crippen LogP contribution in [0.4, 0.5) is 0 Å². The van der Waals surface area contributed by atoms with Gasteiger partial charge in [-0.3, -0.25) is 9.78 Å². The maximum Gasteiger partial charge on any atom is 0.274 e. The number of piperidine rings is 1. The summed E-state index contributed by atoms with van der Waals surface area (Å²) in [5.74, 6) is 1.57. The normalized spacial score (nSPS) is 15.3. The average molecular weight is 385 g/mol. The van der Waals surface area contributed by atoms with Gasteiger partial charge in [-0.2, -0.15) is 0 Å². The number of hydrogen-bond acceptors (Lipinski definition) is 4. The predicted octanol–water partition coefficient (Wildman–Crippen LogP) is 3.84. The van der Waals surface area contributed by atoms with Gasteiger partial charge in [0.05, 0.1) is 28.3 Å². The Morgan fingerprint density at radius 2 is 1.66 bits per heavy atom. The highest BCUT2D eigenvalue weighted by Gasteiger charge is 2.25. The van der Waals surface area contributed by atoms with E-state index in [9.17, 15) is 4.79 Å². The summed E-state index contributed by atoms with van der Waals surface area (Å²) < 4.78 is 2.31. The molecule has 0 bridgehead atoms. The van der Waals surface area contributed by atoms with E-state index in [0.29, 0.717) is 11.6 Å². The average Bonchev–Trinajstić information content (AvgIpc) is 3.08. The molecule has 1 amide bonds. The molecule has 0 unspecified atom stereocenters. The molecule has 0 aliphatic carbocycles. The van der Waals surface area contributed by atoms with Gasteiger partial charge in [0.2, 0.25) is 0 Å². The van der Waals surface area contributed by atoms with Crippen molar-refractivity contribution >= 4 is 28.0 Å². The van der Waals surface area contributed by atoms with Crippen LogP contribution in [-0.4, -0.2) is 43.4 Å². The first-order valence-corrected chi connectivity index (χ1v) is 10.1. The van der Waals surface area contributed by atoms with Gasteiger partial charge in [-0.05, 0) is 49.9 Å². The zero-order chi connectivity index (χ0) is 19.8. The van der Waals surface area contributed by atoms with E-state index in [1.807, 2.05) is 35.2 Å². The Morgan fingerprint density at radius 1 is 0.966 bits per heavy atom. The second kappa shape index (κ2) is 7.28. The summed E-state index contributed by atoms with van der Waals surface area (Å²) in [6.07, 6.45) is 3.56. The first-order valence-electron chi connectivity index (χ1n) is 10.1. The fourth-order valence-corrected chi connectivity index (χ4v) is 4.23. The van der Waals surface area contributed by atoms with Gasteiger partial charge in [0, 0.05) is 19.6 Å². The monoisotopic (exact) mass is 385 g/mol. The van der Waals surface area contributed by atoms with Crippen molar-refractivity contribution in [2.24, 2.45) is 5.92 Å². The number of rotatable bonds is 3. The van der Waals surface area contributed by atoms with Crippen LogP contribution in [-0.2, 0) is 6.54 Å². The maximum atomic E-state index is 12.9. The van der Waals surface area contributed by atoms with E-state index in [4.69, 9.17) is 0 Å². The number of carbonyl (C=O) groups excluding carboxylic acids is 1. The van der Waals surface area contributed by atoms with Crippen LogP contribution in [0.3, 0.4) is 0 Å². The van der Waals surface area contributed by atoms with Crippen molar-refractivity contribution in [3.05, 3.63) is 66.2 Å². The highest BCUT2D eigenvalue weighted by Crippen LogP contribution is 2.24. The molecule has 0 spiro atoms. The molecule has 146 valence electrons. The van der Waals surface area contributed by atoms with Crippen LogP contribution in [0.1, 0.15) is 29.2 Å². The topological polar surface area (TPSA) is 63.9 Å². The highest BCUT2D eigenvalue weighted by atomic mass is 16.2. The van der Waals surface area contributed by atoms with Gasteiger partial charge < -0.3 is 9.47 Å². The number of likely N-dealkylation sites (tertiary alicyclic amines) is 1. The van der Waals surface area contributed by atoms with E-state index in [1.54, 1.807) is 6.20 Å². The quantitative estimate of drug-likeness (QED) is 0.537. The Balaban J connectivity index is 1.27. The number of hydrogen-bond donors (Lipinski definition) is 0. The van der Waals surface area contributed by atoms with Crippen molar-refractivity contribution in [3.8, 4) is 0 Å². The molecule has 29 heavy (non-hydrogen) atoms. The number of carbonyl (C=O) groups is 1. The number of aromatic nitrogens is 4. The van der Waals surface area contributed by atoms with Gasteiger partial charge in [0.1, 0.15) is 11.5 Å². The van der Waals surface area contributed by atoms with Crippen LogP contribution in [0, 0.1) is 12.8 Å². The minimum absolute atomic E-state index is 0.0223. The zero-order valence-electron chi connectivity index (χ0n) is 16.5. The van der Waals surface area contributed by atoms with Crippen molar-refractivity contribution in [1.29, 1.82) is 0 Å². The number of benzene rings is 2. The molecule has 0 atom stereocenters. The molecule has 0 radical (unpaired) electrons. The second-order valence-electron chi connectivity index (χ2n) is 7.74. The lowest BCUT2D eigenvalue weighted by Gasteiger charge is -2.32. The summed E-state index contributed by atoms with van der Waals surface area (Å²) in [4.78, 5) is 28.4. The third-order valence-corrected chi connectivity index (χ3v) is 5.86. The van der Waals surface area contributed by atoms with Gasteiger partial charge >= 0.3 is 0 Å². The molecule has 6 nitrogen and oxygen atoms in total. The molecule has 2 aromatic heterocycles. The summed E-state index contributed by atoms with van der Waals surface area (Å²) >= 11 is 0. The Kier molecular flexibility index (Phi) is 4.46. The first-order chi connectivity index (χ1) is 14.2. The van der Waals surface area contributed by atoms with Crippen LogP contribution in [0.25, 0.3) is 22.1 Å². The van der Waals surface area contributed by atoms with Gasteiger partial charge in [-0.15, -0.1) is 0 Å². The molecule has 1 aliphatic heterocycles. The van der Waals surface area contributed by atoms with E-state index in [-0.39, 0.29) is 5.91 Å². The molecular weight excluding hydrogens is 362 g/mol. The lowest BCUT2D eigenvalue weighted by Crippen LogP contribution is -2.39. The molecule has 0 N–H and O–H groups in total. The largest absolute Gasteiger partial charge is 0.337 e. The summed E-state index contributed by atoms with van der Waals surface area (Å²) in [6.45, 7) is 4.52. The predicted molar refractivity (Wildman–Crippen MR) is 113 cm³/mol. The third-order valence-electron chi connectivity index (χ3n) is 5.86. The number of amides is 1. The Hall–Kier alpha value is -3.28. The second-order valence-corrected chi connectivity index (χ2v) is 7.74. The van der Waals surface area contributed by atoms with Crippen molar-refractivity contribution in [2.45, 2.75) is 26.3 Å². The first kappa shape index (κ1) is 17.8. The highest BCUT2D eigenvalue weighted by molar-refractivity contribution is 5.93. The molecule has 5 rings (SSSR count). The Labute approximate surface area is 169 Å². The van der Waals surface area contributed by atoms with Crippen molar-refractivity contribution < 1.29 is 4.79 Å². The number of imidazole rings is 1. The van der Waals surface area contributed by atoms with Crippen molar-refractivity contribution in [1.82, 2.24) is 24.4 Å². The number of para-hydroxylation sites is 4. The van der Waals surface area contributed by atoms with E-state index < -0.39 is 0 Å². The van der Waals surface area contributed by atoms with Crippen LogP contribution >= 0.6 is 0 Å². The minimum atomic E-state index is -0.0223. The molecule has 2 aromatic carbocycles. The van der Waals surface area contributed by atoms with Crippen LogP contribution in [0.15, 0.2) is 54.7 Å². The number of aryl methyl sites for hydroxylation is 1. The standard InChI is InChI=1S/C23H23N5O/c1-16-25-20-8-4-5-9-22(20)28(16)15-17-10-12-27(13-11-17)23(29)21-14-24-18-6-2-3-7-19(18)26-21/h2-9,14,17H,10-13,15H2,1H3. The third kappa shape index (κ3) is 3.35. The lowest BCUT2D eigenvalue weighted by atomic mass is 9.96. The number of fused-ring (bicyclic) bond motifs is 2. The van der Waals surface area contributed by atoms with E-state index >= 15 is 0 Å². The summed E-state index contributed by atoms with van der Waals surface area (Å²) in [5.41, 5.74) is 4.24. The van der Waals surface area contributed by atoms with Gasteiger partial charge in [-0.25, -0.2) is 9.97 Å². The summed E-state index contributed by atoms with van der Waals surface area (Å²) in [5, 5.41) is 0. The molecule has 1 aliphatic rings. The fraction of sp³-hybridized carbons (Fsp3) is 0.304. The SMILES string of the molecule is Cc1nc2ccccc2n1CC1CCN(C(=O)c2cnc3ccccc3n2)CC1. The van der Waals surface area contributed by atoms with Crippen molar-refractivity contribution in [3.63, 3.8) is 0 Å². The molecular formula is C23H23N5O. The molecule has 4 aromatic rings. The van der Waals surface area contributed by atoms with Crippen LogP contribution < -0.4 is 0 Å². The summed E-state index contributed by atoms with van der Waals surface area (Å²) in [6, 6.07) is 15.9. The number of nitrogens with zero attached hydrogens (tertiary/aromatic N) is 5. The van der Waals surface area contributed by atoms with Crippen LogP contribution in [0.5, 0.6) is 0 Å².